The Morgan fingerprint density at radius 1 is 1.60 bits per heavy atom. The SMILES string of the molecule is C=CCC(N)C(=O)N(CCCO)C(C)C. The van der Waals surface area contributed by atoms with Crippen molar-refractivity contribution < 1.29 is 9.90 Å². The predicted molar refractivity (Wildman–Crippen MR) is 61.3 cm³/mol. The van der Waals surface area contributed by atoms with Crippen molar-refractivity contribution >= 4 is 5.91 Å². The van der Waals surface area contributed by atoms with Crippen molar-refractivity contribution in [2.45, 2.75) is 38.8 Å². The predicted octanol–water partition coefficient (Wildman–Crippen LogP) is 0.509. The topological polar surface area (TPSA) is 66.6 Å². The first-order chi connectivity index (χ1) is 7.04. The number of aliphatic hydroxyl groups is 1. The second-order valence-corrected chi connectivity index (χ2v) is 3.83. The molecule has 88 valence electrons. The molecule has 0 fully saturated rings. The monoisotopic (exact) mass is 214 g/mol. The highest BCUT2D eigenvalue weighted by Gasteiger charge is 2.21. The van der Waals surface area contributed by atoms with Crippen LogP contribution in [0.1, 0.15) is 26.7 Å². The van der Waals surface area contributed by atoms with Gasteiger partial charge >= 0.3 is 0 Å². The van der Waals surface area contributed by atoms with Crippen LogP contribution in [0.25, 0.3) is 0 Å². The molecule has 0 aromatic rings. The zero-order valence-corrected chi connectivity index (χ0v) is 9.65. The van der Waals surface area contributed by atoms with Gasteiger partial charge in [-0.2, -0.15) is 0 Å². The first-order valence-electron chi connectivity index (χ1n) is 5.32. The summed E-state index contributed by atoms with van der Waals surface area (Å²) in [6.45, 7) is 8.08. The smallest absolute Gasteiger partial charge is 0.240 e. The number of hydrogen-bond donors (Lipinski definition) is 2. The Labute approximate surface area is 91.8 Å². The zero-order valence-electron chi connectivity index (χ0n) is 9.65. The highest BCUT2D eigenvalue weighted by molar-refractivity contribution is 5.82. The lowest BCUT2D eigenvalue weighted by molar-refractivity contribution is -0.134. The maximum absolute atomic E-state index is 11.9. The average Bonchev–Trinajstić information content (AvgIpc) is 2.18. The number of carbonyl (C=O) groups excluding carboxylic acids is 1. The fourth-order valence-corrected chi connectivity index (χ4v) is 1.36. The molecular formula is C11H22N2O2. The van der Waals surface area contributed by atoms with E-state index in [4.69, 9.17) is 10.8 Å². The van der Waals surface area contributed by atoms with E-state index in [1.807, 2.05) is 13.8 Å². The van der Waals surface area contributed by atoms with Gasteiger partial charge in [-0.15, -0.1) is 6.58 Å². The van der Waals surface area contributed by atoms with Gasteiger partial charge < -0.3 is 15.7 Å². The Balaban J connectivity index is 4.33. The molecule has 1 amide bonds. The van der Waals surface area contributed by atoms with Crippen molar-refractivity contribution in [2.75, 3.05) is 13.2 Å². The summed E-state index contributed by atoms with van der Waals surface area (Å²) in [7, 11) is 0. The number of nitrogens with zero attached hydrogens (tertiary/aromatic N) is 1. The van der Waals surface area contributed by atoms with E-state index in [1.165, 1.54) is 0 Å². The van der Waals surface area contributed by atoms with Crippen molar-refractivity contribution in [2.24, 2.45) is 5.73 Å². The van der Waals surface area contributed by atoms with E-state index < -0.39 is 6.04 Å². The first-order valence-corrected chi connectivity index (χ1v) is 5.32. The van der Waals surface area contributed by atoms with Gasteiger partial charge in [0.2, 0.25) is 5.91 Å². The fraction of sp³-hybridized carbons (Fsp3) is 0.727. The molecule has 3 N–H and O–H groups in total. The zero-order chi connectivity index (χ0) is 11.8. The molecular weight excluding hydrogens is 192 g/mol. The second-order valence-electron chi connectivity index (χ2n) is 3.83. The van der Waals surface area contributed by atoms with Crippen LogP contribution < -0.4 is 5.73 Å². The van der Waals surface area contributed by atoms with Crippen molar-refractivity contribution in [3.63, 3.8) is 0 Å². The van der Waals surface area contributed by atoms with Crippen LogP contribution in [0.2, 0.25) is 0 Å². The highest BCUT2D eigenvalue weighted by atomic mass is 16.3. The van der Waals surface area contributed by atoms with E-state index in [0.29, 0.717) is 19.4 Å². The Morgan fingerprint density at radius 3 is 2.60 bits per heavy atom. The summed E-state index contributed by atoms with van der Waals surface area (Å²) in [5.74, 6) is -0.0710. The summed E-state index contributed by atoms with van der Waals surface area (Å²) >= 11 is 0. The molecule has 0 aromatic carbocycles. The molecule has 0 saturated heterocycles. The van der Waals surface area contributed by atoms with E-state index in [-0.39, 0.29) is 18.6 Å². The molecule has 0 heterocycles. The van der Waals surface area contributed by atoms with Gasteiger partial charge in [-0.1, -0.05) is 6.08 Å². The molecule has 0 aliphatic heterocycles. The van der Waals surface area contributed by atoms with E-state index in [2.05, 4.69) is 6.58 Å². The Kier molecular flexibility index (Phi) is 6.99. The Bertz CT molecular complexity index is 205. The molecule has 1 unspecified atom stereocenters. The third kappa shape index (κ3) is 4.95. The normalized spacial score (nSPS) is 12.6. The van der Waals surface area contributed by atoms with Crippen molar-refractivity contribution in [3.8, 4) is 0 Å². The molecule has 0 radical (unpaired) electrons. The molecule has 0 bridgehead atoms. The van der Waals surface area contributed by atoms with Gasteiger partial charge in [-0.3, -0.25) is 4.79 Å². The number of hydrogen-bond acceptors (Lipinski definition) is 3. The molecule has 1 atom stereocenters. The van der Waals surface area contributed by atoms with Crippen LogP contribution in [0.5, 0.6) is 0 Å². The van der Waals surface area contributed by atoms with Gasteiger partial charge in [0.15, 0.2) is 0 Å². The van der Waals surface area contributed by atoms with E-state index in [1.54, 1.807) is 11.0 Å². The van der Waals surface area contributed by atoms with Crippen LogP contribution >= 0.6 is 0 Å². The van der Waals surface area contributed by atoms with E-state index in [9.17, 15) is 4.79 Å². The van der Waals surface area contributed by atoms with Crippen molar-refractivity contribution in [1.29, 1.82) is 0 Å². The van der Waals surface area contributed by atoms with Gasteiger partial charge in [-0.05, 0) is 26.7 Å². The lowest BCUT2D eigenvalue weighted by Gasteiger charge is -2.28. The molecule has 0 aromatic heterocycles. The van der Waals surface area contributed by atoms with Crippen LogP contribution in [0.4, 0.5) is 0 Å². The third-order valence-electron chi connectivity index (χ3n) is 2.20. The van der Waals surface area contributed by atoms with Crippen LogP contribution in [-0.2, 0) is 4.79 Å². The van der Waals surface area contributed by atoms with Crippen LogP contribution in [0.3, 0.4) is 0 Å². The summed E-state index contributed by atoms with van der Waals surface area (Å²) in [4.78, 5) is 13.6. The number of nitrogens with two attached hydrogens (primary N) is 1. The minimum Gasteiger partial charge on any atom is -0.396 e. The van der Waals surface area contributed by atoms with Gasteiger partial charge in [0, 0.05) is 19.2 Å². The summed E-state index contributed by atoms with van der Waals surface area (Å²) in [5, 5.41) is 8.74. The van der Waals surface area contributed by atoms with E-state index in [0.717, 1.165) is 0 Å². The highest BCUT2D eigenvalue weighted by Crippen LogP contribution is 2.04. The summed E-state index contributed by atoms with van der Waals surface area (Å²) in [6, 6.07) is -0.400. The fourth-order valence-electron chi connectivity index (χ4n) is 1.36. The molecule has 0 aliphatic carbocycles. The molecule has 15 heavy (non-hydrogen) atoms. The van der Waals surface area contributed by atoms with Crippen LogP contribution in [-0.4, -0.2) is 41.1 Å². The van der Waals surface area contributed by atoms with Gasteiger partial charge in [-0.25, -0.2) is 0 Å². The standard InChI is InChI=1S/C11H22N2O2/c1-4-6-10(12)11(15)13(9(2)3)7-5-8-14/h4,9-10,14H,1,5-8,12H2,2-3H3. The lowest BCUT2D eigenvalue weighted by Crippen LogP contribution is -2.47. The van der Waals surface area contributed by atoms with E-state index >= 15 is 0 Å². The molecule has 0 rings (SSSR count). The van der Waals surface area contributed by atoms with Crippen LogP contribution in [0.15, 0.2) is 12.7 Å². The third-order valence-corrected chi connectivity index (χ3v) is 2.20. The van der Waals surface area contributed by atoms with Crippen LogP contribution in [0, 0.1) is 0 Å². The summed E-state index contributed by atoms with van der Waals surface area (Å²) in [5.41, 5.74) is 5.71. The second kappa shape index (κ2) is 7.43. The first kappa shape index (κ1) is 14.1. The number of amides is 1. The van der Waals surface area contributed by atoms with Crippen molar-refractivity contribution in [3.05, 3.63) is 12.7 Å². The Morgan fingerprint density at radius 2 is 2.20 bits per heavy atom. The Hall–Kier alpha value is -0.870. The van der Waals surface area contributed by atoms with Gasteiger partial charge in [0.1, 0.15) is 0 Å². The minimum absolute atomic E-state index is 0.0710. The van der Waals surface area contributed by atoms with Gasteiger partial charge in [0.25, 0.3) is 0 Å². The molecule has 0 spiro atoms. The average molecular weight is 214 g/mol. The molecule has 4 nitrogen and oxygen atoms in total. The van der Waals surface area contributed by atoms with Crippen molar-refractivity contribution in [1.82, 2.24) is 4.90 Å². The summed E-state index contributed by atoms with van der Waals surface area (Å²) in [6.07, 6.45) is 2.72. The maximum atomic E-state index is 11.9. The van der Waals surface area contributed by atoms with Gasteiger partial charge in [0.05, 0.1) is 6.04 Å². The largest absolute Gasteiger partial charge is 0.396 e. The maximum Gasteiger partial charge on any atom is 0.240 e. The molecule has 0 saturated carbocycles. The lowest BCUT2D eigenvalue weighted by atomic mass is 10.1. The minimum atomic E-state index is -0.511. The molecule has 4 heteroatoms. The number of rotatable bonds is 7. The number of carbonyl (C=O) groups is 1. The quantitative estimate of drug-likeness (QED) is 0.607. The number of aliphatic hydroxyl groups excluding tert-OH is 1. The summed E-state index contributed by atoms with van der Waals surface area (Å²) < 4.78 is 0. The molecule has 0 aliphatic rings.